The van der Waals surface area contributed by atoms with Crippen molar-refractivity contribution in [2.24, 2.45) is 0 Å². The Hall–Kier alpha value is -2.82. The van der Waals surface area contributed by atoms with Gasteiger partial charge in [-0.25, -0.2) is 0 Å². The zero-order valence-electron chi connectivity index (χ0n) is 14.4. The summed E-state index contributed by atoms with van der Waals surface area (Å²) in [6, 6.07) is 15.6. The van der Waals surface area contributed by atoms with E-state index in [2.05, 4.69) is 10.5 Å². The maximum atomic E-state index is 12.7. The van der Waals surface area contributed by atoms with Crippen molar-refractivity contribution in [3.63, 3.8) is 0 Å². The van der Waals surface area contributed by atoms with E-state index in [9.17, 15) is 4.79 Å². The van der Waals surface area contributed by atoms with Crippen molar-refractivity contribution in [3.05, 3.63) is 59.8 Å². The minimum Gasteiger partial charge on any atom is -0.487 e. The van der Waals surface area contributed by atoms with Crippen LogP contribution in [0.3, 0.4) is 0 Å². The molecular formula is C21H20N2O3. The Kier molecular flexibility index (Phi) is 3.48. The summed E-state index contributed by atoms with van der Waals surface area (Å²) < 4.78 is 11.6. The maximum Gasteiger partial charge on any atom is 0.226 e. The summed E-state index contributed by atoms with van der Waals surface area (Å²) in [6.07, 6.45) is 4.34. The van der Waals surface area contributed by atoms with Crippen LogP contribution in [0.1, 0.15) is 43.0 Å². The molecule has 0 radical (unpaired) electrons. The molecule has 1 saturated carbocycles. The Morgan fingerprint density at radius 1 is 1.15 bits per heavy atom. The first kappa shape index (κ1) is 15.4. The lowest BCUT2D eigenvalue weighted by atomic mass is 9.73. The van der Waals surface area contributed by atoms with Gasteiger partial charge < -0.3 is 14.6 Å². The number of nitrogens with zero attached hydrogens (tertiary/aromatic N) is 1. The lowest BCUT2D eigenvalue weighted by molar-refractivity contribution is -0.122. The van der Waals surface area contributed by atoms with Gasteiger partial charge in [0.25, 0.3) is 0 Å². The monoisotopic (exact) mass is 348 g/mol. The van der Waals surface area contributed by atoms with Crippen LogP contribution in [0.4, 0.5) is 0 Å². The third kappa shape index (κ3) is 2.55. The second-order valence-corrected chi connectivity index (χ2v) is 7.30. The SMILES string of the molecule is O=C(Cc1noc2ccccc12)NC1CC2(CCC2)Oc2ccccc21. The molecule has 2 aliphatic rings. The Balaban J connectivity index is 1.37. The van der Waals surface area contributed by atoms with E-state index in [1.807, 2.05) is 48.5 Å². The predicted molar refractivity (Wildman–Crippen MR) is 96.9 cm³/mol. The molecule has 1 aromatic heterocycles. The van der Waals surface area contributed by atoms with Gasteiger partial charge in [0, 0.05) is 17.4 Å². The van der Waals surface area contributed by atoms with Crippen LogP contribution in [-0.4, -0.2) is 16.7 Å². The van der Waals surface area contributed by atoms with Crippen molar-refractivity contribution < 1.29 is 14.1 Å². The van der Waals surface area contributed by atoms with Crippen molar-refractivity contribution in [1.82, 2.24) is 10.5 Å². The van der Waals surface area contributed by atoms with Gasteiger partial charge in [0.2, 0.25) is 5.91 Å². The van der Waals surface area contributed by atoms with Crippen LogP contribution in [0.25, 0.3) is 11.0 Å². The van der Waals surface area contributed by atoms with Crippen LogP contribution >= 0.6 is 0 Å². The van der Waals surface area contributed by atoms with E-state index in [0.29, 0.717) is 11.3 Å². The highest BCUT2D eigenvalue weighted by atomic mass is 16.5. The fourth-order valence-electron chi connectivity index (χ4n) is 4.09. The van der Waals surface area contributed by atoms with Crippen LogP contribution in [0.2, 0.25) is 0 Å². The van der Waals surface area contributed by atoms with Crippen LogP contribution in [0.5, 0.6) is 5.75 Å². The second-order valence-electron chi connectivity index (χ2n) is 7.30. The standard InChI is InChI=1S/C21H20N2O3/c24-20(12-16-14-6-2-4-9-19(14)26-23-16)22-17-13-21(10-5-11-21)25-18-8-3-1-7-15(17)18/h1-4,6-9,17H,5,10-13H2,(H,22,24). The van der Waals surface area contributed by atoms with E-state index in [1.54, 1.807) is 0 Å². The van der Waals surface area contributed by atoms with E-state index in [4.69, 9.17) is 9.26 Å². The summed E-state index contributed by atoms with van der Waals surface area (Å²) in [5.74, 6) is 0.857. The van der Waals surface area contributed by atoms with Gasteiger partial charge in [-0.1, -0.05) is 35.5 Å². The van der Waals surface area contributed by atoms with Crippen molar-refractivity contribution in [1.29, 1.82) is 0 Å². The highest BCUT2D eigenvalue weighted by Crippen LogP contribution is 2.48. The number of carbonyl (C=O) groups excluding carboxylic acids is 1. The number of hydrogen-bond acceptors (Lipinski definition) is 4. The quantitative estimate of drug-likeness (QED) is 0.779. The average molecular weight is 348 g/mol. The zero-order valence-corrected chi connectivity index (χ0v) is 14.4. The molecule has 2 heterocycles. The van der Waals surface area contributed by atoms with Crippen molar-refractivity contribution in [2.75, 3.05) is 0 Å². The van der Waals surface area contributed by atoms with Crippen molar-refractivity contribution in [3.8, 4) is 5.75 Å². The van der Waals surface area contributed by atoms with E-state index in [0.717, 1.165) is 36.0 Å². The third-order valence-corrected chi connectivity index (χ3v) is 5.58. The Morgan fingerprint density at radius 2 is 1.96 bits per heavy atom. The molecule has 5 nitrogen and oxygen atoms in total. The first-order valence-electron chi connectivity index (χ1n) is 9.13. The topological polar surface area (TPSA) is 64.4 Å². The van der Waals surface area contributed by atoms with E-state index in [1.165, 1.54) is 6.42 Å². The van der Waals surface area contributed by atoms with Crippen LogP contribution in [0.15, 0.2) is 53.1 Å². The third-order valence-electron chi connectivity index (χ3n) is 5.58. The van der Waals surface area contributed by atoms with Gasteiger partial charge in [-0.2, -0.15) is 0 Å². The predicted octanol–water partition coefficient (Wildman–Crippen LogP) is 3.93. The van der Waals surface area contributed by atoms with Gasteiger partial charge in [-0.15, -0.1) is 0 Å². The molecule has 0 bridgehead atoms. The summed E-state index contributed by atoms with van der Waals surface area (Å²) in [5.41, 5.74) is 2.34. The molecule has 5 heteroatoms. The molecule has 1 aliphatic carbocycles. The number of carbonyl (C=O) groups is 1. The largest absolute Gasteiger partial charge is 0.487 e. The van der Waals surface area contributed by atoms with Gasteiger partial charge in [0.15, 0.2) is 5.58 Å². The number of aromatic nitrogens is 1. The minimum atomic E-state index is -0.104. The smallest absolute Gasteiger partial charge is 0.226 e. The fraction of sp³-hybridized carbons (Fsp3) is 0.333. The molecule has 0 saturated heterocycles. The normalized spacial score (nSPS) is 20.2. The molecule has 5 rings (SSSR count). The molecule has 1 unspecified atom stereocenters. The van der Waals surface area contributed by atoms with Crippen LogP contribution in [0, 0.1) is 0 Å². The highest BCUT2D eigenvalue weighted by molar-refractivity contribution is 5.86. The Labute approximate surface area is 151 Å². The summed E-state index contributed by atoms with van der Waals surface area (Å²) >= 11 is 0. The van der Waals surface area contributed by atoms with Gasteiger partial charge in [-0.3, -0.25) is 4.79 Å². The van der Waals surface area contributed by atoms with Crippen molar-refractivity contribution in [2.45, 2.75) is 43.7 Å². The molecule has 26 heavy (non-hydrogen) atoms. The average Bonchev–Trinajstić information content (AvgIpc) is 3.03. The highest BCUT2D eigenvalue weighted by Gasteiger charge is 2.45. The molecule has 1 amide bonds. The second kappa shape index (κ2) is 5.87. The Morgan fingerprint density at radius 3 is 2.81 bits per heavy atom. The van der Waals surface area contributed by atoms with Crippen LogP contribution < -0.4 is 10.1 Å². The molecule has 3 aromatic rings. The molecule has 1 aliphatic heterocycles. The summed E-state index contributed by atoms with van der Waals surface area (Å²) in [6.45, 7) is 0. The minimum absolute atomic E-state index is 0.0223. The number of benzene rings is 2. The van der Waals surface area contributed by atoms with Gasteiger partial charge in [-0.05, 0) is 37.5 Å². The molecule has 1 N–H and O–H groups in total. The number of para-hydroxylation sites is 2. The van der Waals surface area contributed by atoms with E-state index in [-0.39, 0.29) is 24.0 Å². The molecule has 2 aromatic carbocycles. The number of ether oxygens (including phenoxy) is 1. The first-order valence-corrected chi connectivity index (χ1v) is 9.13. The summed E-state index contributed by atoms with van der Waals surface area (Å²) in [4.78, 5) is 12.7. The summed E-state index contributed by atoms with van der Waals surface area (Å²) in [7, 11) is 0. The number of amides is 1. The fourth-order valence-corrected chi connectivity index (χ4v) is 4.09. The molecule has 1 spiro atoms. The first-order chi connectivity index (χ1) is 12.7. The number of fused-ring (bicyclic) bond motifs is 2. The Bertz CT molecular complexity index is 974. The van der Waals surface area contributed by atoms with Crippen LogP contribution in [-0.2, 0) is 11.2 Å². The number of hydrogen-bond donors (Lipinski definition) is 1. The van der Waals surface area contributed by atoms with E-state index >= 15 is 0 Å². The molecule has 1 fully saturated rings. The zero-order chi connectivity index (χ0) is 17.6. The lowest BCUT2D eigenvalue weighted by Gasteiger charge is -2.48. The number of nitrogens with one attached hydrogen (secondary N) is 1. The van der Waals surface area contributed by atoms with Gasteiger partial charge in [0.05, 0.1) is 12.5 Å². The van der Waals surface area contributed by atoms with Crippen molar-refractivity contribution >= 4 is 16.9 Å². The van der Waals surface area contributed by atoms with Gasteiger partial charge >= 0.3 is 0 Å². The molecule has 132 valence electrons. The number of rotatable bonds is 3. The van der Waals surface area contributed by atoms with Gasteiger partial charge in [0.1, 0.15) is 17.0 Å². The molecular weight excluding hydrogens is 328 g/mol. The maximum absolute atomic E-state index is 12.7. The molecule has 1 atom stereocenters. The summed E-state index contributed by atoms with van der Waals surface area (Å²) in [5, 5.41) is 8.16. The van der Waals surface area contributed by atoms with E-state index < -0.39 is 0 Å². The lowest BCUT2D eigenvalue weighted by Crippen LogP contribution is -2.49.